The third-order valence-electron chi connectivity index (χ3n) is 3.72. The molecule has 0 N–H and O–H groups in total. The number of anilines is 1. The van der Waals surface area contributed by atoms with Gasteiger partial charge in [0.2, 0.25) is 5.28 Å². The molecule has 5 nitrogen and oxygen atoms in total. The van der Waals surface area contributed by atoms with Crippen molar-refractivity contribution >= 4 is 17.4 Å². The summed E-state index contributed by atoms with van der Waals surface area (Å²) in [7, 11) is 0. The number of ether oxygens (including phenoxy) is 2. The first-order valence-corrected chi connectivity index (χ1v) is 7.71. The molecule has 0 aromatic carbocycles. The summed E-state index contributed by atoms with van der Waals surface area (Å²) in [5.41, 5.74) is 0.820. The maximum absolute atomic E-state index is 6.01. The highest BCUT2D eigenvalue weighted by molar-refractivity contribution is 6.28. The van der Waals surface area contributed by atoms with Crippen molar-refractivity contribution in [3.05, 3.63) is 17.0 Å². The summed E-state index contributed by atoms with van der Waals surface area (Å²) in [6.07, 6.45) is 5.56. The van der Waals surface area contributed by atoms with Gasteiger partial charge < -0.3 is 14.4 Å². The Kier molecular flexibility index (Phi) is 4.70. The molecule has 6 heteroatoms. The zero-order chi connectivity index (χ0) is 13.8. The van der Waals surface area contributed by atoms with Crippen LogP contribution in [0.1, 0.15) is 37.8 Å². The Bertz CT molecular complexity index is 446. The predicted molar refractivity (Wildman–Crippen MR) is 76.9 cm³/mol. The van der Waals surface area contributed by atoms with Gasteiger partial charge in [-0.15, -0.1) is 0 Å². The van der Waals surface area contributed by atoms with E-state index in [1.54, 1.807) is 0 Å². The highest BCUT2D eigenvalue weighted by Gasteiger charge is 2.17. The van der Waals surface area contributed by atoms with Crippen molar-refractivity contribution in [1.82, 2.24) is 9.97 Å². The molecular weight excluding hydrogens is 278 g/mol. The van der Waals surface area contributed by atoms with Gasteiger partial charge in [0, 0.05) is 25.8 Å². The van der Waals surface area contributed by atoms with Crippen LogP contribution in [0.3, 0.4) is 0 Å². The van der Waals surface area contributed by atoms with E-state index in [1.807, 2.05) is 6.07 Å². The molecule has 0 radical (unpaired) electrons. The fourth-order valence-corrected chi connectivity index (χ4v) is 2.85. The molecule has 1 aromatic rings. The summed E-state index contributed by atoms with van der Waals surface area (Å²) in [5.74, 6) is 0.908. The summed E-state index contributed by atoms with van der Waals surface area (Å²) in [4.78, 5) is 10.8. The number of aromatic nitrogens is 2. The minimum absolute atomic E-state index is 0.104. The molecular formula is C14H20ClN3O2. The number of hydrogen-bond donors (Lipinski definition) is 0. The van der Waals surface area contributed by atoms with Crippen LogP contribution >= 0.6 is 11.6 Å². The van der Waals surface area contributed by atoms with Crippen molar-refractivity contribution < 1.29 is 9.47 Å². The average molecular weight is 298 g/mol. The molecule has 110 valence electrons. The van der Waals surface area contributed by atoms with E-state index >= 15 is 0 Å². The van der Waals surface area contributed by atoms with E-state index in [9.17, 15) is 0 Å². The smallest absolute Gasteiger partial charge is 0.224 e. The van der Waals surface area contributed by atoms with Crippen LogP contribution in [0, 0.1) is 0 Å². The van der Waals surface area contributed by atoms with E-state index < -0.39 is 0 Å². The SMILES string of the molecule is Clc1nc(COC2CCCCO2)cc(N2CCCC2)n1. The molecule has 2 aliphatic heterocycles. The molecule has 0 aliphatic carbocycles. The van der Waals surface area contributed by atoms with Crippen molar-refractivity contribution in [3.8, 4) is 0 Å². The van der Waals surface area contributed by atoms with Crippen molar-refractivity contribution in [3.63, 3.8) is 0 Å². The molecule has 3 rings (SSSR count). The first-order chi connectivity index (χ1) is 9.81. The molecule has 2 saturated heterocycles. The van der Waals surface area contributed by atoms with E-state index in [-0.39, 0.29) is 11.6 Å². The Labute approximate surface area is 124 Å². The van der Waals surface area contributed by atoms with Crippen molar-refractivity contribution in [2.24, 2.45) is 0 Å². The zero-order valence-electron chi connectivity index (χ0n) is 11.6. The van der Waals surface area contributed by atoms with Crippen LogP contribution in [0.2, 0.25) is 5.28 Å². The summed E-state index contributed by atoms with van der Waals surface area (Å²) in [6.45, 7) is 3.29. The van der Waals surface area contributed by atoms with E-state index in [4.69, 9.17) is 21.1 Å². The predicted octanol–water partition coefficient (Wildman–Crippen LogP) is 2.77. The van der Waals surface area contributed by atoms with Gasteiger partial charge >= 0.3 is 0 Å². The van der Waals surface area contributed by atoms with E-state index in [2.05, 4.69) is 14.9 Å². The third-order valence-corrected chi connectivity index (χ3v) is 3.89. The van der Waals surface area contributed by atoms with Crippen LogP contribution in [-0.2, 0) is 16.1 Å². The number of rotatable bonds is 4. The van der Waals surface area contributed by atoms with Crippen LogP contribution in [0.4, 0.5) is 5.82 Å². The van der Waals surface area contributed by atoms with Crippen molar-refractivity contribution in [2.75, 3.05) is 24.6 Å². The van der Waals surface area contributed by atoms with Crippen LogP contribution in [-0.4, -0.2) is 36.0 Å². The molecule has 0 bridgehead atoms. The van der Waals surface area contributed by atoms with Gasteiger partial charge in [-0.2, -0.15) is 0 Å². The average Bonchev–Trinajstić information content (AvgIpc) is 3.00. The van der Waals surface area contributed by atoms with Gasteiger partial charge in [0.25, 0.3) is 0 Å². The fourth-order valence-electron chi connectivity index (χ4n) is 2.65. The largest absolute Gasteiger partial charge is 0.356 e. The molecule has 1 unspecified atom stereocenters. The molecule has 3 heterocycles. The Morgan fingerprint density at radius 3 is 2.85 bits per heavy atom. The molecule has 0 spiro atoms. The zero-order valence-corrected chi connectivity index (χ0v) is 12.3. The van der Waals surface area contributed by atoms with Crippen LogP contribution in [0.5, 0.6) is 0 Å². The maximum Gasteiger partial charge on any atom is 0.224 e. The van der Waals surface area contributed by atoms with Crippen LogP contribution in [0.15, 0.2) is 6.07 Å². The maximum atomic E-state index is 6.01. The molecule has 2 aliphatic rings. The molecule has 2 fully saturated rings. The Morgan fingerprint density at radius 1 is 1.25 bits per heavy atom. The summed E-state index contributed by atoms with van der Waals surface area (Å²) in [6, 6.07) is 1.97. The minimum atomic E-state index is -0.104. The van der Waals surface area contributed by atoms with E-state index in [1.165, 1.54) is 12.8 Å². The highest BCUT2D eigenvalue weighted by atomic mass is 35.5. The molecule has 20 heavy (non-hydrogen) atoms. The number of nitrogens with zero attached hydrogens (tertiary/aromatic N) is 3. The van der Waals surface area contributed by atoms with Crippen molar-refractivity contribution in [1.29, 1.82) is 0 Å². The summed E-state index contributed by atoms with van der Waals surface area (Å²) in [5, 5.41) is 0.289. The van der Waals surface area contributed by atoms with Gasteiger partial charge in [-0.25, -0.2) is 9.97 Å². The van der Waals surface area contributed by atoms with Crippen molar-refractivity contribution in [2.45, 2.75) is 45.0 Å². The topological polar surface area (TPSA) is 47.5 Å². The third kappa shape index (κ3) is 3.59. The van der Waals surface area contributed by atoms with Gasteiger partial charge in [-0.05, 0) is 43.7 Å². The van der Waals surface area contributed by atoms with Gasteiger partial charge in [0.05, 0.1) is 12.3 Å². The lowest BCUT2D eigenvalue weighted by molar-refractivity contribution is -0.169. The highest BCUT2D eigenvalue weighted by Crippen LogP contribution is 2.21. The standard InChI is InChI=1S/C14H20ClN3O2/c15-14-16-11(10-20-13-5-1-4-8-19-13)9-12(17-14)18-6-2-3-7-18/h9,13H,1-8,10H2. The fraction of sp³-hybridized carbons (Fsp3) is 0.714. The molecule has 1 atom stereocenters. The second-order valence-corrected chi connectivity index (χ2v) is 5.63. The monoisotopic (exact) mass is 297 g/mol. The summed E-state index contributed by atoms with van der Waals surface area (Å²) >= 11 is 6.01. The minimum Gasteiger partial charge on any atom is -0.356 e. The lowest BCUT2D eigenvalue weighted by Crippen LogP contribution is -2.23. The second-order valence-electron chi connectivity index (χ2n) is 5.29. The first-order valence-electron chi connectivity index (χ1n) is 7.33. The van der Waals surface area contributed by atoms with Gasteiger partial charge in [0.15, 0.2) is 6.29 Å². The summed E-state index contributed by atoms with van der Waals surface area (Å²) < 4.78 is 11.3. The number of halogens is 1. The van der Waals surface area contributed by atoms with E-state index in [0.29, 0.717) is 6.61 Å². The first kappa shape index (κ1) is 14.0. The van der Waals surface area contributed by atoms with Gasteiger partial charge in [-0.1, -0.05) is 0 Å². The van der Waals surface area contributed by atoms with Gasteiger partial charge in [-0.3, -0.25) is 0 Å². The lowest BCUT2D eigenvalue weighted by atomic mass is 10.2. The molecule has 0 amide bonds. The molecule has 0 saturated carbocycles. The molecule has 1 aromatic heterocycles. The Balaban J connectivity index is 1.63. The number of hydrogen-bond acceptors (Lipinski definition) is 5. The van der Waals surface area contributed by atoms with Crippen LogP contribution < -0.4 is 4.90 Å². The Morgan fingerprint density at radius 2 is 2.10 bits per heavy atom. The van der Waals surface area contributed by atoms with Crippen LogP contribution in [0.25, 0.3) is 0 Å². The van der Waals surface area contributed by atoms with E-state index in [0.717, 1.165) is 50.5 Å². The quantitative estimate of drug-likeness (QED) is 0.800. The Hall–Kier alpha value is -0.910. The normalized spacial score (nSPS) is 23.2. The lowest BCUT2D eigenvalue weighted by Gasteiger charge is -2.23. The second kappa shape index (κ2) is 6.70. The van der Waals surface area contributed by atoms with Gasteiger partial charge in [0.1, 0.15) is 5.82 Å².